The monoisotopic (exact) mass is 509 g/mol. The first-order valence-corrected chi connectivity index (χ1v) is 12.5. The summed E-state index contributed by atoms with van der Waals surface area (Å²) in [5.74, 6) is -0.808. The van der Waals surface area contributed by atoms with E-state index in [2.05, 4.69) is 11.5 Å². The first kappa shape index (κ1) is 27.9. The van der Waals surface area contributed by atoms with Crippen LogP contribution in [0.3, 0.4) is 0 Å². The lowest BCUT2D eigenvalue weighted by atomic mass is 9.76. The smallest absolute Gasteiger partial charge is 0.410 e. The normalized spacial score (nSPS) is 15.9. The summed E-state index contributed by atoms with van der Waals surface area (Å²) in [6.45, 7) is 8.56. The lowest BCUT2D eigenvalue weighted by Gasteiger charge is -2.39. The highest BCUT2D eigenvalue weighted by atomic mass is 16.6. The Morgan fingerprint density at radius 3 is 2.41 bits per heavy atom. The first-order chi connectivity index (χ1) is 17.7. The molecule has 1 atom stereocenters. The van der Waals surface area contributed by atoms with E-state index in [1.54, 1.807) is 23.1 Å². The predicted octanol–water partition coefficient (Wildman–Crippen LogP) is 5.01. The maximum atomic E-state index is 12.9. The number of hydrogen-bond donors (Lipinski definition) is 1. The predicted molar refractivity (Wildman–Crippen MR) is 140 cm³/mol. The Morgan fingerprint density at radius 2 is 1.84 bits per heavy atom. The molecule has 0 saturated carbocycles. The van der Waals surface area contributed by atoms with Crippen molar-refractivity contribution in [1.82, 2.24) is 9.80 Å². The number of amides is 1. The van der Waals surface area contributed by atoms with Gasteiger partial charge in [-0.05, 0) is 49.1 Å². The molecule has 0 aliphatic carbocycles. The number of hydrogen-bond acceptors (Lipinski definition) is 6. The minimum atomic E-state index is -0.808. The van der Waals surface area contributed by atoms with Gasteiger partial charge in [0.25, 0.3) is 5.69 Å². The van der Waals surface area contributed by atoms with Crippen molar-refractivity contribution >= 4 is 17.7 Å². The van der Waals surface area contributed by atoms with Crippen molar-refractivity contribution in [1.29, 1.82) is 0 Å². The Morgan fingerprint density at radius 1 is 1.19 bits per heavy atom. The molecule has 37 heavy (non-hydrogen) atoms. The number of ether oxygens (including phenoxy) is 1. The van der Waals surface area contributed by atoms with Gasteiger partial charge in [-0.3, -0.25) is 14.9 Å². The second-order valence-corrected chi connectivity index (χ2v) is 9.74. The number of nitrogens with zero attached hydrogens (tertiary/aromatic N) is 3. The standard InChI is InChI=1S/C28H35N3O6/c1-3-16-30(27(34)37-21-22-9-11-25(12-10-22)31(35)36)24-13-17-29(18-14-24)19-15-28(2,20-26(32)33)23-7-5-4-6-8-23/h3-12,24H,1,13-21H2,2H3,(H,32,33). The highest BCUT2D eigenvalue weighted by molar-refractivity contribution is 5.69. The van der Waals surface area contributed by atoms with E-state index in [1.807, 2.05) is 37.3 Å². The van der Waals surface area contributed by atoms with Gasteiger partial charge in [-0.15, -0.1) is 6.58 Å². The van der Waals surface area contributed by atoms with Crippen LogP contribution in [0.25, 0.3) is 0 Å². The quantitative estimate of drug-likeness (QED) is 0.243. The number of benzene rings is 2. The number of non-ortho nitro benzene ring substituents is 1. The summed E-state index contributed by atoms with van der Waals surface area (Å²) in [6.07, 6.45) is 3.59. The SMILES string of the molecule is C=CCN(C(=O)OCc1ccc([N+](=O)[O-])cc1)C1CCN(CCC(C)(CC(=O)O)c2ccccc2)CC1. The van der Waals surface area contributed by atoms with E-state index >= 15 is 0 Å². The fraction of sp³-hybridized carbons (Fsp3) is 0.429. The molecule has 0 aromatic heterocycles. The van der Waals surface area contributed by atoms with Gasteiger partial charge < -0.3 is 19.6 Å². The minimum Gasteiger partial charge on any atom is -0.481 e. The van der Waals surface area contributed by atoms with Crippen LogP contribution in [0.15, 0.2) is 67.3 Å². The molecule has 3 rings (SSSR count). The van der Waals surface area contributed by atoms with Crippen molar-refractivity contribution in [2.75, 3.05) is 26.2 Å². The van der Waals surface area contributed by atoms with Crippen LogP contribution >= 0.6 is 0 Å². The number of aliphatic carboxylic acids is 1. The van der Waals surface area contributed by atoms with E-state index in [0.29, 0.717) is 12.1 Å². The molecular formula is C28H35N3O6. The largest absolute Gasteiger partial charge is 0.481 e. The summed E-state index contributed by atoms with van der Waals surface area (Å²) in [6, 6.07) is 15.7. The first-order valence-electron chi connectivity index (χ1n) is 12.5. The van der Waals surface area contributed by atoms with Gasteiger partial charge in [0.05, 0.1) is 11.3 Å². The Balaban J connectivity index is 1.53. The summed E-state index contributed by atoms with van der Waals surface area (Å²) in [5, 5.41) is 20.3. The Bertz CT molecular complexity index is 1070. The maximum Gasteiger partial charge on any atom is 0.410 e. The van der Waals surface area contributed by atoms with Gasteiger partial charge >= 0.3 is 12.1 Å². The molecule has 1 heterocycles. The number of piperidine rings is 1. The number of likely N-dealkylation sites (tertiary alicyclic amines) is 1. The van der Waals surface area contributed by atoms with E-state index in [1.165, 1.54) is 12.1 Å². The van der Waals surface area contributed by atoms with Gasteiger partial charge in [0.1, 0.15) is 6.61 Å². The molecule has 9 nitrogen and oxygen atoms in total. The summed E-state index contributed by atoms with van der Waals surface area (Å²) in [4.78, 5) is 38.8. The molecule has 1 amide bonds. The number of carboxylic acid groups (broad SMARTS) is 1. The fourth-order valence-corrected chi connectivity index (χ4v) is 4.82. The number of carbonyl (C=O) groups is 2. The van der Waals surface area contributed by atoms with Crippen LogP contribution in [-0.4, -0.2) is 64.1 Å². The molecule has 9 heteroatoms. The van der Waals surface area contributed by atoms with Gasteiger partial charge in [-0.25, -0.2) is 4.79 Å². The maximum absolute atomic E-state index is 12.9. The molecule has 1 aliphatic heterocycles. The molecule has 1 aliphatic rings. The van der Waals surface area contributed by atoms with E-state index in [9.17, 15) is 24.8 Å². The molecule has 1 saturated heterocycles. The van der Waals surface area contributed by atoms with E-state index in [0.717, 1.165) is 44.5 Å². The summed E-state index contributed by atoms with van der Waals surface area (Å²) in [7, 11) is 0. The molecule has 2 aromatic rings. The molecule has 0 bridgehead atoms. The zero-order valence-corrected chi connectivity index (χ0v) is 21.3. The Kier molecular flexibility index (Phi) is 9.79. The molecular weight excluding hydrogens is 474 g/mol. The molecule has 2 aromatic carbocycles. The summed E-state index contributed by atoms with van der Waals surface area (Å²) < 4.78 is 5.50. The third-order valence-corrected chi connectivity index (χ3v) is 7.06. The lowest BCUT2D eigenvalue weighted by molar-refractivity contribution is -0.384. The number of nitro benzene ring substituents is 1. The van der Waals surface area contributed by atoms with Crippen LogP contribution in [0, 0.1) is 10.1 Å². The van der Waals surface area contributed by atoms with Crippen LogP contribution < -0.4 is 0 Å². The average Bonchev–Trinajstić information content (AvgIpc) is 2.90. The van der Waals surface area contributed by atoms with Crippen molar-refractivity contribution in [3.05, 3.63) is 88.5 Å². The second kappa shape index (κ2) is 13.0. The molecule has 1 unspecified atom stereocenters. The van der Waals surface area contributed by atoms with Gasteiger partial charge in [0, 0.05) is 43.2 Å². The van der Waals surface area contributed by atoms with Crippen LogP contribution in [0.1, 0.15) is 43.7 Å². The third kappa shape index (κ3) is 7.88. The van der Waals surface area contributed by atoms with E-state index in [-0.39, 0.29) is 24.8 Å². The van der Waals surface area contributed by atoms with Crippen LogP contribution in [0.2, 0.25) is 0 Å². The topological polar surface area (TPSA) is 113 Å². The van der Waals surface area contributed by atoms with Gasteiger partial charge in [-0.2, -0.15) is 0 Å². The fourth-order valence-electron chi connectivity index (χ4n) is 4.82. The van der Waals surface area contributed by atoms with Gasteiger partial charge in [0.15, 0.2) is 0 Å². The van der Waals surface area contributed by atoms with Crippen molar-refractivity contribution < 1.29 is 24.4 Å². The zero-order chi connectivity index (χ0) is 26.8. The number of nitro groups is 1. The number of carbonyl (C=O) groups excluding carboxylic acids is 1. The van der Waals surface area contributed by atoms with Crippen LogP contribution in [-0.2, 0) is 21.6 Å². The highest BCUT2D eigenvalue weighted by Gasteiger charge is 2.32. The molecule has 1 fully saturated rings. The molecule has 0 spiro atoms. The Hall–Kier alpha value is -3.72. The zero-order valence-electron chi connectivity index (χ0n) is 21.3. The van der Waals surface area contributed by atoms with E-state index < -0.39 is 22.4 Å². The highest BCUT2D eigenvalue weighted by Crippen LogP contribution is 2.32. The van der Waals surface area contributed by atoms with Crippen molar-refractivity contribution in [2.45, 2.75) is 50.7 Å². The Labute approximate surface area is 217 Å². The van der Waals surface area contributed by atoms with E-state index in [4.69, 9.17) is 4.74 Å². The third-order valence-electron chi connectivity index (χ3n) is 7.06. The van der Waals surface area contributed by atoms with Crippen LogP contribution in [0.4, 0.5) is 10.5 Å². The summed E-state index contributed by atoms with van der Waals surface area (Å²) in [5.41, 5.74) is 1.23. The minimum absolute atomic E-state index is 0.0119. The lowest BCUT2D eigenvalue weighted by Crippen LogP contribution is -2.48. The van der Waals surface area contributed by atoms with Gasteiger partial charge in [0.2, 0.25) is 0 Å². The summed E-state index contributed by atoms with van der Waals surface area (Å²) >= 11 is 0. The number of carboxylic acids is 1. The average molecular weight is 510 g/mol. The number of rotatable bonds is 12. The molecule has 198 valence electrons. The van der Waals surface area contributed by atoms with Crippen molar-refractivity contribution in [3.8, 4) is 0 Å². The second-order valence-electron chi connectivity index (χ2n) is 9.74. The van der Waals surface area contributed by atoms with Crippen LogP contribution in [0.5, 0.6) is 0 Å². The van der Waals surface area contributed by atoms with Crippen molar-refractivity contribution in [2.24, 2.45) is 0 Å². The van der Waals surface area contributed by atoms with Crippen molar-refractivity contribution in [3.63, 3.8) is 0 Å². The van der Waals surface area contributed by atoms with Gasteiger partial charge in [-0.1, -0.05) is 43.3 Å². The molecule has 0 radical (unpaired) electrons. The molecule has 1 N–H and O–H groups in total.